The number of hydrogen-bond donors (Lipinski definition) is 1. The molecule has 0 saturated heterocycles. The van der Waals surface area contributed by atoms with Crippen molar-refractivity contribution in [2.75, 3.05) is 0 Å². The van der Waals surface area contributed by atoms with Gasteiger partial charge in [-0.2, -0.15) is 0 Å². The minimum atomic E-state index is 0.126. The summed E-state index contributed by atoms with van der Waals surface area (Å²) in [7, 11) is 0. The van der Waals surface area contributed by atoms with Gasteiger partial charge in [0, 0.05) is 12.0 Å². The zero-order valence-electron chi connectivity index (χ0n) is 8.26. The maximum Gasteiger partial charge on any atom is 0.222 e. The molecule has 1 N–H and O–H groups in total. The van der Waals surface area contributed by atoms with Gasteiger partial charge in [-0.1, -0.05) is 20.8 Å². The van der Waals surface area contributed by atoms with Gasteiger partial charge in [-0.05, 0) is 25.2 Å². The summed E-state index contributed by atoms with van der Waals surface area (Å²) < 4.78 is 0. The fraction of sp³-hybridized carbons (Fsp3) is 0.900. The summed E-state index contributed by atoms with van der Waals surface area (Å²) >= 11 is 0. The van der Waals surface area contributed by atoms with Gasteiger partial charge in [0.25, 0.3) is 0 Å². The molecule has 0 unspecified atom stereocenters. The zero-order chi connectivity index (χ0) is 9.14. The van der Waals surface area contributed by atoms with E-state index in [0.29, 0.717) is 6.04 Å². The molecule has 1 saturated carbocycles. The lowest BCUT2D eigenvalue weighted by atomic mass is 10.1. The molecule has 2 nitrogen and oxygen atoms in total. The third kappa shape index (κ3) is 2.50. The summed E-state index contributed by atoms with van der Waals surface area (Å²) in [5.41, 5.74) is 0. The van der Waals surface area contributed by atoms with Crippen molar-refractivity contribution in [2.24, 2.45) is 11.8 Å². The fourth-order valence-corrected chi connectivity index (χ4v) is 1.71. The van der Waals surface area contributed by atoms with Gasteiger partial charge in [-0.15, -0.1) is 0 Å². The highest BCUT2D eigenvalue weighted by Gasteiger charge is 2.23. The molecule has 1 amide bonds. The van der Waals surface area contributed by atoms with E-state index in [0.717, 1.165) is 5.92 Å². The lowest BCUT2D eigenvalue weighted by Gasteiger charge is -2.13. The van der Waals surface area contributed by atoms with E-state index in [-0.39, 0.29) is 11.8 Å². The van der Waals surface area contributed by atoms with Crippen molar-refractivity contribution in [3.63, 3.8) is 0 Å². The summed E-state index contributed by atoms with van der Waals surface area (Å²) in [6.45, 7) is 6.13. The summed E-state index contributed by atoms with van der Waals surface area (Å²) in [5, 5.41) is 3.07. The van der Waals surface area contributed by atoms with E-state index < -0.39 is 0 Å². The van der Waals surface area contributed by atoms with Crippen molar-refractivity contribution in [2.45, 2.75) is 46.1 Å². The van der Waals surface area contributed by atoms with Crippen LogP contribution in [0.1, 0.15) is 40.0 Å². The number of carbonyl (C=O) groups excluding carboxylic acids is 1. The van der Waals surface area contributed by atoms with Crippen molar-refractivity contribution in [1.82, 2.24) is 5.32 Å². The first-order chi connectivity index (χ1) is 5.59. The Morgan fingerprint density at radius 3 is 2.50 bits per heavy atom. The molecule has 70 valence electrons. The van der Waals surface area contributed by atoms with Gasteiger partial charge in [-0.3, -0.25) is 4.79 Å². The quantitative estimate of drug-likeness (QED) is 0.672. The predicted molar refractivity (Wildman–Crippen MR) is 49.8 cm³/mol. The van der Waals surface area contributed by atoms with Crippen LogP contribution >= 0.6 is 0 Å². The molecule has 0 bridgehead atoms. The van der Waals surface area contributed by atoms with E-state index in [1.165, 1.54) is 19.3 Å². The Balaban J connectivity index is 2.28. The largest absolute Gasteiger partial charge is 0.353 e. The van der Waals surface area contributed by atoms with Gasteiger partial charge in [0.05, 0.1) is 0 Å². The van der Waals surface area contributed by atoms with E-state index in [9.17, 15) is 4.79 Å². The highest BCUT2D eigenvalue weighted by Crippen LogP contribution is 2.24. The second kappa shape index (κ2) is 3.92. The van der Waals surface area contributed by atoms with E-state index in [2.05, 4.69) is 12.2 Å². The Morgan fingerprint density at radius 1 is 1.42 bits per heavy atom. The van der Waals surface area contributed by atoms with Crippen LogP contribution in [0.2, 0.25) is 0 Å². The lowest BCUT2D eigenvalue weighted by Crippen LogP contribution is -2.35. The molecule has 2 heteroatoms. The topological polar surface area (TPSA) is 29.1 Å². The molecule has 0 aromatic carbocycles. The van der Waals surface area contributed by atoms with Crippen LogP contribution in [-0.4, -0.2) is 11.9 Å². The van der Waals surface area contributed by atoms with Crippen molar-refractivity contribution in [3.05, 3.63) is 0 Å². The predicted octanol–water partition coefficient (Wildman–Crippen LogP) is 1.95. The van der Waals surface area contributed by atoms with Gasteiger partial charge in [-0.25, -0.2) is 0 Å². The first-order valence-corrected chi connectivity index (χ1v) is 4.90. The molecular formula is C10H19NO. The second-order valence-corrected chi connectivity index (χ2v) is 4.28. The maximum atomic E-state index is 11.3. The first-order valence-electron chi connectivity index (χ1n) is 4.90. The Labute approximate surface area is 74.7 Å². The number of carbonyl (C=O) groups is 1. The molecule has 0 heterocycles. The molecule has 0 aromatic rings. The molecule has 1 rings (SSSR count). The standard InChI is InChI=1S/C10H19NO/c1-7(2)10(12)11-9-5-4-8(3)6-9/h7-9H,4-6H2,1-3H3,(H,11,12)/t8-,9+/m1/s1. The molecule has 0 spiro atoms. The van der Waals surface area contributed by atoms with Crippen LogP contribution in [0, 0.1) is 11.8 Å². The summed E-state index contributed by atoms with van der Waals surface area (Å²) in [6, 6.07) is 0.454. The van der Waals surface area contributed by atoms with Gasteiger partial charge >= 0.3 is 0 Å². The SMILES string of the molecule is CC(C)C(=O)N[C@H]1CC[C@@H](C)C1. The molecular weight excluding hydrogens is 150 g/mol. The first kappa shape index (κ1) is 9.56. The Morgan fingerprint density at radius 2 is 2.08 bits per heavy atom. The summed E-state index contributed by atoms with van der Waals surface area (Å²) in [4.78, 5) is 11.3. The highest BCUT2D eigenvalue weighted by atomic mass is 16.1. The number of nitrogens with one attached hydrogen (secondary N) is 1. The number of rotatable bonds is 2. The number of hydrogen-bond acceptors (Lipinski definition) is 1. The monoisotopic (exact) mass is 169 g/mol. The molecule has 1 aliphatic carbocycles. The van der Waals surface area contributed by atoms with E-state index in [4.69, 9.17) is 0 Å². The minimum Gasteiger partial charge on any atom is -0.353 e. The van der Waals surface area contributed by atoms with Crippen LogP contribution in [0.4, 0.5) is 0 Å². The average molecular weight is 169 g/mol. The Hall–Kier alpha value is -0.530. The summed E-state index contributed by atoms with van der Waals surface area (Å²) in [5.74, 6) is 1.12. The van der Waals surface area contributed by atoms with Gasteiger partial charge in [0.2, 0.25) is 5.91 Å². The molecule has 1 fully saturated rings. The van der Waals surface area contributed by atoms with Crippen LogP contribution in [0.25, 0.3) is 0 Å². The third-order valence-electron chi connectivity index (χ3n) is 2.57. The molecule has 0 aliphatic heterocycles. The molecule has 2 atom stereocenters. The smallest absolute Gasteiger partial charge is 0.222 e. The highest BCUT2D eigenvalue weighted by molar-refractivity contribution is 5.78. The minimum absolute atomic E-state index is 0.126. The zero-order valence-corrected chi connectivity index (χ0v) is 8.26. The van der Waals surface area contributed by atoms with Gasteiger partial charge < -0.3 is 5.32 Å². The maximum absolute atomic E-state index is 11.3. The van der Waals surface area contributed by atoms with Crippen LogP contribution in [-0.2, 0) is 4.79 Å². The van der Waals surface area contributed by atoms with Crippen LogP contribution in [0.5, 0.6) is 0 Å². The average Bonchev–Trinajstić information content (AvgIpc) is 2.35. The van der Waals surface area contributed by atoms with Crippen LogP contribution in [0.3, 0.4) is 0 Å². The van der Waals surface area contributed by atoms with Gasteiger partial charge in [0.15, 0.2) is 0 Å². The Kier molecular flexibility index (Phi) is 3.12. The molecule has 1 aliphatic rings. The van der Waals surface area contributed by atoms with Crippen molar-refractivity contribution in [1.29, 1.82) is 0 Å². The lowest BCUT2D eigenvalue weighted by molar-refractivity contribution is -0.124. The summed E-state index contributed by atoms with van der Waals surface area (Å²) in [6.07, 6.45) is 3.60. The number of amides is 1. The van der Waals surface area contributed by atoms with Crippen molar-refractivity contribution >= 4 is 5.91 Å². The second-order valence-electron chi connectivity index (χ2n) is 4.28. The molecule has 0 aromatic heterocycles. The van der Waals surface area contributed by atoms with Gasteiger partial charge in [0.1, 0.15) is 0 Å². The van der Waals surface area contributed by atoms with Crippen molar-refractivity contribution < 1.29 is 4.79 Å². The van der Waals surface area contributed by atoms with E-state index in [1.807, 2.05) is 13.8 Å². The van der Waals surface area contributed by atoms with Crippen molar-refractivity contribution in [3.8, 4) is 0 Å². The Bertz CT molecular complexity index is 165. The fourth-order valence-electron chi connectivity index (χ4n) is 1.71. The third-order valence-corrected chi connectivity index (χ3v) is 2.57. The van der Waals surface area contributed by atoms with Crippen LogP contribution in [0.15, 0.2) is 0 Å². The van der Waals surface area contributed by atoms with E-state index in [1.54, 1.807) is 0 Å². The molecule has 0 radical (unpaired) electrons. The normalized spacial score (nSPS) is 29.3. The van der Waals surface area contributed by atoms with E-state index >= 15 is 0 Å². The molecule has 12 heavy (non-hydrogen) atoms. The van der Waals surface area contributed by atoms with Crippen LogP contribution < -0.4 is 5.32 Å².